The Balaban J connectivity index is 3.29. The highest BCUT2D eigenvalue weighted by atomic mass is 32.2. The predicted molar refractivity (Wildman–Crippen MR) is 49.3 cm³/mol. The van der Waals surface area contributed by atoms with Crippen molar-refractivity contribution < 1.29 is 23.2 Å². The first-order valence-electron chi connectivity index (χ1n) is 3.66. The third-order valence-electron chi connectivity index (χ3n) is 1.73. The Labute approximate surface area is 85.0 Å². The zero-order valence-electron chi connectivity index (χ0n) is 7.15. The summed E-state index contributed by atoms with van der Waals surface area (Å²) in [5.74, 6) is -2.94. The Hall–Kier alpha value is -1.96. The first kappa shape index (κ1) is 11.1. The number of hydrogen-bond donors (Lipinski definition) is 1. The topological polar surface area (TPSA) is 115 Å². The van der Waals surface area contributed by atoms with Gasteiger partial charge in [0.25, 0.3) is 5.70 Å². The van der Waals surface area contributed by atoms with Gasteiger partial charge in [0, 0.05) is 12.2 Å². The molecule has 0 bridgehead atoms. The van der Waals surface area contributed by atoms with E-state index in [0.717, 1.165) is 18.2 Å². The number of nitrogens with zero attached hydrogens (tertiary/aromatic N) is 1. The van der Waals surface area contributed by atoms with Crippen molar-refractivity contribution in [3.05, 3.63) is 34.0 Å². The van der Waals surface area contributed by atoms with Crippen LogP contribution in [0.3, 0.4) is 0 Å². The van der Waals surface area contributed by atoms with Crippen LogP contribution in [0.5, 0.6) is 0 Å². The number of nitro groups is 1. The molecule has 80 valence electrons. The molecular formula is C7H5NO6S. The minimum atomic E-state index is -2.70. The van der Waals surface area contributed by atoms with E-state index < -0.39 is 37.7 Å². The number of carboxylic acids is 1. The van der Waals surface area contributed by atoms with Crippen LogP contribution in [0.15, 0.2) is 23.9 Å². The summed E-state index contributed by atoms with van der Waals surface area (Å²) in [7, 11) is -2.70. The lowest BCUT2D eigenvalue weighted by Gasteiger charge is -2.08. The molecule has 0 saturated carbocycles. The number of hydrogen-bond acceptors (Lipinski definition) is 5. The Morgan fingerprint density at radius 3 is 2.47 bits per heavy atom. The van der Waals surface area contributed by atoms with Gasteiger partial charge in [0.05, 0.1) is 9.79 Å². The Morgan fingerprint density at radius 1 is 1.47 bits per heavy atom. The van der Waals surface area contributed by atoms with E-state index in [0.29, 0.717) is 0 Å². The molecule has 0 aromatic rings. The number of allylic oxidation sites excluding steroid dienone is 2. The molecule has 0 aromatic carbocycles. The van der Waals surface area contributed by atoms with E-state index in [4.69, 9.17) is 5.11 Å². The van der Waals surface area contributed by atoms with Gasteiger partial charge in [-0.15, -0.1) is 0 Å². The lowest BCUT2D eigenvalue weighted by Crippen LogP contribution is -2.24. The molecule has 0 aliphatic heterocycles. The number of rotatable bonds is 2. The van der Waals surface area contributed by atoms with E-state index in [1.807, 2.05) is 0 Å². The fourth-order valence-corrected chi connectivity index (χ4v) is 1.61. The SMILES string of the molecule is O=C(O)C1C=C([N+](=O)[O-])C=CC1=S(=O)=O. The maximum atomic E-state index is 10.6. The highest BCUT2D eigenvalue weighted by molar-refractivity contribution is 7.73. The van der Waals surface area contributed by atoms with Crippen LogP contribution in [-0.2, 0) is 15.1 Å². The van der Waals surface area contributed by atoms with Gasteiger partial charge >= 0.3 is 5.97 Å². The minimum Gasteiger partial charge on any atom is -0.481 e. The van der Waals surface area contributed by atoms with Crippen LogP contribution in [-0.4, -0.2) is 29.3 Å². The van der Waals surface area contributed by atoms with Gasteiger partial charge in [-0.25, -0.2) is 0 Å². The number of carbonyl (C=O) groups is 1. The molecule has 0 saturated heterocycles. The lowest BCUT2D eigenvalue weighted by atomic mass is 9.99. The van der Waals surface area contributed by atoms with E-state index in [1.165, 1.54) is 0 Å². The summed E-state index contributed by atoms with van der Waals surface area (Å²) in [5, 5.41) is 19.0. The molecule has 1 N–H and O–H groups in total. The average molecular weight is 231 g/mol. The summed E-state index contributed by atoms with van der Waals surface area (Å²) in [6, 6.07) is 0. The second-order valence-corrected chi connectivity index (χ2v) is 3.58. The average Bonchev–Trinajstić information content (AvgIpc) is 2.16. The molecule has 0 spiro atoms. The third-order valence-corrected chi connectivity index (χ3v) is 2.51. The summed E-state index contributed by atoms with van der Waals surface area (Å²) < 4.78 is 21.2. The normalized spacial score (nSPS) is 19.6. The van der Waals surface area contributed by atoms with Gasteiger partial charge in [0.15, 0.2) is 0 Å². The van der Waals surface area contributed by atoms with Crippen LogP contribution >= 0.6 is 0 Å². The van der Waals surface area contributed by atoms with Gasteiger partial charge in [-0.2, -0.15) is 8.42 Å². The molecule has 0 amide bonds. The van der Waals surface area contributed by atoms with E-state index >= 15 is 0 Å². The maximum Gasteiger partial charge on any atom is 0.316 e. The van der Waals surface area contributed by atoms with E-state index in [-0.39, 0.29) is 0 Å². The van der Waals surface area contributed by atoms with Crippen molar-refractivity contribution in [1.29, 1.82) is 0 Å². The van der Waals surface area contributed by atoms with Crippen LogP contribution in [0.4, 0.5) is 0 Å². The van der Waals surface area contributed by atoms with Crippen LogP contribution in [0.1, 0.15) is 0 Å². The summed E-state index contributed by atoms with van der Waals surface area (Å²) in [6.45, 7) is 0. The number of aliphatic carboxylic acids is 1. The van der Waals surface area contributed by atoms with Crippen molar-refractivity contribution in [2.75, 3.05) is 0 Å². The second-order valence-electron chi connectivity index (χ2n) is 2.63. The quantitative estimate of drug-likeness (QED) is 0.388. The van der Waals surface area contributed by atoms with Crippen LogP contribution in [0.25, 0.3) is 0 Å². The van der Waals surface area contributed by atoms with E-state index in [1.54, 1.807) is 0 Å². The van der Waals surface area contributed by atoms with E-state index in [2.05, 4.69) is 0 Å². The molecule has 1 atom stereocenters. The molecule has 15 heavy (non-hydrogen) atoms. The molecule has 1 rings (SSSR count). The summed E-state index contributed by atoms with van der Waals surface area (Å²) >= 11 is 0. The van der Waals surface area contributed by atoms with Crippen molar-refractivity contribution in [3.63, 3.8) is 0 Å². The fraction of sp³-hybridized carbons (Fsp3) is 0.143. The van der Waals surface area contributed by atoms with Gasteiger partial charge in [-0.3, -0.25) is 14.9 Å². The zero-order valence-corrected chi connectivity index (χ0v) is 7.97. The minimum absolute atomic E-state index is 0.395. The first-order valence-corrected chi connectivity index (χ1v) is 4.74. The predicted octanol–water partition coefficient (Wildman–Crippen LogP) is -0.531. The Kier molecular flexibility index (Phi) is 3.00. The van der Waals surface area contributed by atoms with Gasteiger partial charge in [0.1, 0.15) is 5.92 Å². The monoisotopic (exact) mass is 231 g/mol. The third kappa shape index (κ3) is 2.29. The maximum absolute atomic E-state index is 10.6. The molecule has 0 aromatic heterocycles. The van der Waals surface area contributed by atoms with E-state index in [9.17, 15) is 23.3 Å². The van der Waals surface area contributed by atoms with Gasteiger partial charge in [-0.1, -0.05) is 0 Å². The van der Waals surface area contributed by atoms with Crippen molar-refractivity contribution in [2.24, 2.45) is 5.92 Å². The Bertz CT molecular complexity index is 504. The molecule has 0 radical (unpaired) electrons. The number of carboxylic acid groups (broad SMARTS) is 1. The Morgan fingerprint density at radius 2 is 2.07 bits per heavy atom. The van der Waals surface area contributed by atoms with Crippen LogP contribution < -0.4 is 0 Å². The second kappa shape index (κ2) is 4.05. The standard InChI is InChI=1S/C7H5NO6S/c9-7(10)5-3-4(8(11)12)1-2-6(5)15(13)14/h1-3,5H,(H,9,10). The van der Waals surface area contributed by atoms with Crippen molar-refractivity contribution in [1.82, 2.24) is 0 Å². The molecular weight excluding hydrogens is 226 g/mol. The molecule has 1 unspecified atom stereocenters. The van der Waals surface area contributed by atoms with Crippen molar-refractivity contribution in [3.8, 4) is 0 Å². The summed E-state index contributed by atoms with van der Waals surface area (Å²) in [6.07, 6.45) is 2.65. The largest absolute Gasteiger partial charge is 0.481 e. The highest BCUT2D eigenvalue weighted by Gasteiger charge is 2.28. The van der Waals surface area contributed by atoms with Crippen LogP contribution in [0.2, 0.25) is 0 Å². The smallest absolute Gasteiger partial charge is 0.316 e. The fourth-order valence-electron chi connectivity index (χ4n) is 1.05. The molecule has 0 fully saturated rings. The molecule has 1 aliphatic rings. The van der Waals surface area contributed by atoms with Crippen molar-refractivity contribution in [2.45, 2.75) is 0 Å². The molecule has 1 aliphatic carbocycles. The lowest BCUT2D eigenvalue weighted by molar-refractivity contribution is -0.419. The zero-order chi connectivity index (χ0) is 11.6. The molecule has 8 heteroatoms. The van der Waals surface area contributed by atoms with Gasteiger partial charge < -0.3 is 5.11 Å². The molecule has 7 nitrogen and oxygen atoms in total. The van der Waals surface area contributed by atoms with Gasteiger partial charge in [-0.05, 0) is 6.08 Å². The van der Waals surface area contributed by atoms with Crippen LogP contribution in [0, 0.1) is 16.0 Å². The first-order chi connectivity index (χ1) is 6.93. The summed E-state index contributed by atoms with van der Waals surface area (Å²) in [5.41, 5.74) is -0.434. The summed E-state index contributed by atoms with van der Waals surface area (Å²) in [4.78, 5) is 19.8. The van der Waals surface area contributed by atoms with Crippen molar-refractivity contribution >= 4 is 21.1 Å². The molecule has 0 heterocycles. The highest BCUT2D eigenvalue weighted by Crippen LogP contribution is 2.15. The van der Waals surface area contributed by atoms with Gasteiger partial charge in [0.2, 0.25) is 10.3 Å².